The number of nitrogens with zero attached hydrogens (tertiary/aromatic N) is 1. The van der Waals surface area contributed by atoms with Crippen molar-refractivity contribution >= 4 is 18.0 Å². The molecule has 1 aliphatic carbocycles. The summed E-state index contributed by atoms with van der Waals surface area (Å²) in [7, 11) is 0. The normalized spacial score (nSPS) is 18.7. The van der Waals surface area contributed by atoms with E-state index < -0.39 is 23.3 Å². The Morgan fingerprint density at radius 3 is 2.06 bits per heavy atom. The van der Waals surface area contributed by atoms with Gasteiger partial charge in [0.05, 0.1) is 6.61 Å². The molecule has 6 rings (SSSR count). The summed E-state index contributed by atoms with van der Waals surface area (Å²) in [6.45, 7) is 8.65. The standard InChI is InChI=1S/C44H51N3O7/c1-43(2,3)54-42(50)46-38-26-37(27-38)45-40(48)34-19-17-32(18-20-34)29-52-39-16-10-15-36(25-39)44(51,35-13-8-5-9-14-35)41(49)53-30-33-21-23-47(24-22-33)28-31-11-6-4-7-12-31/h4-20,25,33,37-38,51H,21-24,26-30H2,1-3H3,(H,45,48)(H,46,50)/t37-,38-,44-/m0/s1. The average molecular weight is 734 g/mol. The Bertz CT molecular complexity index is 1850. The molecule has 4 aromatic rings. The second kappa shape index (κ2) is 17.3. The van der Waals surface area contributed by atoms with Gasteiger partial charge in [-0.1, -0.05) is 84.9 Å². The van der Waals surface area contributed by atoms with E-state index in [-0.39, 0.29) is 37.1 Å². The van der Waals surface area contributed by atoms with Crippen LogP contribution in [0.2, 0.25) is 0 Å². The summed E-state index contributed by atoms with van der Waals surface area (Å²) in [4.78, 5) is 41.1. The summed E-state index contributed by atoms with van der Waals surface area (Å²) in [6, 6.07) is 33.3. The van der Waals surface area contributed by atoms with Gasteiger partial charge >= 0.3 is 12.1 Å². The summed E-state index contributed by atoms with van der Waals surface area (Å²) < 4.78 is 17.3. The maximum absolute atomic E-state index is 13.8. The fourth-order valence-corrected chi connectivity index (χ4v) is 6.86. The van der Waals surface area contributed by atoms with Crippen molar-refractivity contribution in [3.63, 3.8) is 0 Å². The highest BCUT2D eigenvalue weighted by Gasteiger charge is 2.42. The number of amides is 2. The van der Waals surface area contributed by atoms with Gasteiger partial charge in [0.2, 0.25) is 5.60 Å². The molecule has 0 unspecified atom stereocenters. The lowest BCUT2D eigenvalue weighted by Gasteiger charge is -2.36. The number of likely N-dealkylation sites (tertiary alicyclic amines) is 1. The number of rotatable bonds is 13. The number of hydrogen-bond donors (Lipinski definition) is 3. The zero-order valence-electron chi connectivity index (χ0n) is 31.3. The summed E-state index contributed by atoms with van der Waals surface area (Å²) in [6.07, 6.45) is 2.65. The summed E-state index contributed by atoms with van der Waals surface area (Å²) >= 11 is 0. The molecule has 54 heavy (non-hydrogen) atoms. The van der Waals surface area contributed by atoms with E-state index in [1.165, 1.54) is 5.56 Å². The number of ether oxygens (including phenoxy) is 3. The molecular formula is C44H51N3O7. The lowest BCUT2D eigenvalue weighted by molar-refractivity contribution is -0.164. The predicted molar refractivity (Wildman–Crippen MR) is 206 cm³/mol. The Morgan fingerprint density at radius 2 is 1.39 bits per heavy atom. The Labute approximate surface area is 317 Å². The SMILES string of the molecule is CC(C)(C)OC(=O)N[C@H]1C[C@H](NC(=O)c2ccc(COc3cccc([C@](O)(C(=O)OCC4CCN(Cc5ccccc5)CC4)c4ccccc4)c3)cc2)C1. The molecule has 284 valence electrons. The van der Waals surface area contributed by atoms with E-state index in [0.717, 1.165) is 38.0 Å². The first-order valence-electron chi connectivity index (χ1n) is 18.8. The molecule has 1 saturated heterocycles. The van der Waals surface area contributed by atoms with Crippen molar-refractivity contribution in [2.45, 2.75) is 82.9 Å². The van der Waals surface area contributed by atoms with Crippen molar-refractivity contribution < 1.29 is 33.7 Å². The minimum Gasteiger partial charge on any atom is -0.489 e. The first kappa shape index (κ1) is 38.5. The second-order valence-electron chi connectivity index (χ2n) is 15.4. The molecule has 0 bridgehead atoms. The third-order valence-electron chi connectivity index (χ3n) is 9.96. The van der Waals surface area contributed by atoms with Crippen LogP contribution in [0.25, 0.3) is 0 Å². The zero-order chi connectivity index (χ0) is 38.1. The van der Waals surface area contributed by atoms with Crippen LogP contribution in [0.1, 0.15) is 79.1 Å². The number of aliphatic hydroxyl groups is 1. The van der Waals surface area contributed by atoms with E-state index >= 15 is 0 Å². The highest BCUT2D eigenvalue weighted by atomic mass is 16.6. The predicted octanol–water partition coefficient (Wildman–Crippen LogP) is 6.74. The average Bonchev–Trinajstić information content (AvgIpc) is 3.15. The molecule has 10 heteroatoms. The highest BCUT2D eigenvalue weighted by molar-refractivity contribution is 5.94. The van der Waals surface area contributed by atoms with Crippen LogP contribution in [0.4, 0.5) is 4.79 Å². The topological polar surface area (TPSA) is 126 Å². The summed E-state index contributed by atoms with van der Waals surface area (Å²) in [5, 5.41) is 18.0. The third-order valence-corrected chi connectivity index (χ3v) is 9.96. The van der Waals surface area contributed by atoms with Gasteiger partial charge in [-0.05, 0) is 106 Å². The van der Waals surface area contributed by atoms with E-state index in [1.54, 1.807) is 60.7 Å². The number of carbonyl (C=O) groups is 3. The summed E-state index contributed by atoms with van der Waals surface area (Å²) in [5.74, 6) is -0.215. The minimum absolute atomic E-state index is 0.0251. The van der Waals surface area contributed by atoms with Gasteiger partial charge < -0.3 is 30.0 Å². The van der Waals surface area contributed by atoms with Crippen LogP contribution in [0.5, 0.6) is 5.75 Å². The number of hydrogen-bond acceptors (Lipinski definition) is 8. The van der Waals surface area contributed by atoms with Crippen LogP contribution in [-0.2, 0) is 33.0 Å². The number of esters is 1. The van der Waals surface area contributed by atoms with Gasteiger partial charge in [-0.15, -0.1) is 0 Å². The lowest BCUT2D eigenvalue weighted by atomic mass is 9.86. The Balaban J connectivity index is 1.01. The molecule has 2 amide bonds. The minimum atomic E-state index is -2.03. The van der Waals surface area contributed by atoms with Crippen molar-refractivity contribution in [2.24, 2.45) is 5.92 Å². The van der Waals surface area contributed by atoms with Crippen molar-refractivity contribution in [2.75, 3.05) is 19.7 Å². The van der Waals surface area contributed by atoms with Crippen molar-refractivity contribution in [3.8, 4) is 5.75 Å². The van der Waals surface area contributed by atoms with Gasteiger partial charge in [-0.2, -0.15) is 0 Å². The molecule has 1 heterocycles. The van der Waals surface area contributed by atoms with Crippen LogP contribution >= 0.6 is 0 Å². The van der Waals surface area contributed by atoms with Crippen LogP contribution in [0.15, 0.2) is 109 Å². The molecule has 1 atom stereocenters. The molecule has 1 saturated carbocycles. The quantitative estimate of drug-likeness (QED) is 0.129. The van der Waals surface area contributed by atoms with Gasteiger partial charge in [0.15, 0.2) is 0 Å². The van der Waals surface area contributed by atoms with E-state index in [4.69, 9.17) is 14.2 Å². The summed E-state index contributed by atoms with van der Waals surface area (Å²) in [5.41, 5.74) is 0.818. The maximum atomic E-state index is 13.8. The Morgan fingerprint density at radius 1 is 0.759 bits per heavy atom. The Kier molecular flexibility index (Phi) is 12.3. The second-order valence-corrected chi connectivity index (χ2v) is 15.4. The molecule has 3 N–H and O–H groups in total. The molecule has 1 aliphatic heterocycles. The third kappa shape index (κ3) is 10.3. The fraction of sp³-hybridized carbons (Fsp3) is 0.386. The van der Waals surface area contributed by atoms with Gasteiger partial charge in [-0.25, -0.2) is 9.59 Å². The highest BCUT2D eigenvalue weighted by Crippen LogP contribution is 2.34. The molecule has 2 fully saturated rings. The van der Waals surface area contributed by atoms with Gasteiger partial charge in [0, 0.05) is 29.8 Å². The largest absolute Gasteiger partial charge is 0.489 e. The number of carbonyl (C=O) groups excluding carboxylic acids is 3. The van der Waals surface area contributed by atoms with E-state index in [0.29, 0.717) is 35.3 Å². The van der Waals surface area contributed by atoms with Crippen LogP contribution < -0.4 is 15.4 Å². The van der Waals surface area contributed by atoms with E-state index in [1.807, 2.05) is 45.0 Å². The molecule has 10 nitrogen and oxygen atoms in total. The molecule has 2 aliphatic rings. The zero-order valence-corrected chi connectivity index (χ0v) is 31.3. The molecule has 0 radical (unpaired) electrons. The Hall–Kier alpha value is -5.19. The van der Waals surface area contributed by atoms with E-state index in [2.05, 4.69) is 39.8 Å². The molecule has 0 spiro atoms. The number of piperidine rings is 1. The smallest absolute Gasteiger partial charge is 0.407 e. The lowest BCUT2D eigenvalue weighted by Crippen LogP contribution is -2.54. The van der Waals surface area contributed by atoms with Crippen molar-refractivity contribution in [3.05, 3.63) is 137 Å². The fourth-order valence-electron chi connectivity index (χ4n) is 6.86. The van der Waals surface area contributed by atoms with Crippen molar-refractivity contribution in [1.82, 2.24) is 15.5 Å². The monoisotopic (exact) mass is 733 g/mol. The first-order chi connectivity index (χ1) is 25.9. The molecular weight excluding hydrogens is 682 g/mol. The van der Waals surface area contributed by atoms with Crippen LogP contribution in [0, 0.1) is 5.92 Å². The van der Waals surface area contributed by atoms with Gasteiger partial charge in [-0.3, -0.25) is 9.69 Å². The first-order valence-corrected chi connectivity index (χ1v) is 18.8. The van der Waals surface area contributed by atoms with Gasteiger partial charge in [0.1, 0.15) is 18.0 Å². The number of alkyl carbamates (subject to hydrolysis) is 1. The molecule has 0 aromatic heterocycles. The van der Waals surface area contributed by atoms with Gasteiger partial charge in [0.25, 0.3) is 5.91 Å². The van der Waals surface area contributed by atoms with Crippen LogP contribution in [-0.4, -0.2) is 65.4 Å². The van der Waals surface area contributed by atoms with Crippen molar-refractivity contribution in [1.29, 1.82) is 0 Å². The van der Waals surface area contributed by atoms with Crippen LogP contribution in [0.3, 0.4) is 0 Å². The number of benzene rings is 4. The van der Waals surface area contributed by atoms with E-state index in [9.17, 15) is 19.5 Å². The molecule has 4 aromatic carbocycles. The number of nitrogens with one attached hydrogen (secondary N) is 2. The maximum Gasteiger partial charge on any atom is 0.407 e.